The first kappa shape index (κ1) is 9.22. The summed E-state index contributed by atoms with van der Waals surface area (Å²) in [7, 11) is 0. The van der Waals surface area contributed by atoms with Gasteiger partial charge in [0.05, 0.1) is 6.10 Å². The minimum absolute atomic E-state index is 0.0897. The summed E-state index contributed by atoms with van der Waals surface area (Å²) < 4.78 is 0. The van der Waals surface area contributed by atoms with Crippen LogP contribution >= 0.6 is 0 Å². The maximum atomic E-state index is 9.67. The van der Waals surface area contributed by atoms with Crippen LogP contribution in [0.2, 0.25) is 0 Å². The maximum Gasteiger partial charge on any atom is 0.0773 e. The van der Waals surface area contributed by atoms with Gasteiger partial charge in [-0.25, -0.2) is 0 Å². The first-order valence-corrected chi connectivity index (χ1v) is 5.30. The number of aliphatic hydroxyl groups is 2. The fourth-order valence-electron chi connectivity index (χ4n) is 2.64. The van der Waals surface area contributed by atoms with Crippen molar-refractivity contribution >= 4 is 0 Å². The van der Waals surface area contributed by atoms with Gasteiger partial charge in [0.25, 0.3) is 0 Å². The Kier molecular flexibility index (Phi) is 2.70. The van der Waals surface area contributed by atoms with Gasteiger partial charge in [0.1, 0.15) is 0 Å². The van der Waals surface area contributed by atoms with E-state index in [9.17, 15) is 5.11 Å². The van der Waals surface area contributed by atoms with Gasteiger partial charge >= 0.3 is 0 Å². The summed E-state index contributed by atoms with van der Waals surface area (Å²) in [4.78, 5) is 0. The minimum atomic E-state index is -0.394. The third-order valence-electron chi connectivity index (χ3n) is 3.48. The highest BCUT2D eigenvalue weighted by Crippen LogP contribution is 2.38. The average Bonchev–Trinajstić information content (AvgIpc) is 2.17. The molecule has 1 fully saturated rings. The highest BCUT2D eigenvalue weighted by molar-refractivity contribution is 5.16. The molecule has 0 heterocycles. The molecule has 0 aromatic heterocycles. The third-order valence-corrected chi connectivity index (χ3v) is 3.48. The number of aliphatic hydroxyl groups excluding tert-OH is 2. The van der Waals surface area contributed by atoms with Crippen molar-refractivity contribution < 1.29 is 10.2 Å². The van der Waals surface area contributed by atoms with Crippen LogP contribution in [0.15, 0.2) is 11.6 Å². The summed E-state index contributed by atoms with van der Waals surface area (Å²) in [6.45, 7) is 0.126. The number of rotatable bonds is 1. The maximum absolute atomic E-state index is 9.67. The Hall–Kier alpha value is -0.340. The van der Waals surface area contributed by atoms with E-state index in [-0.39, 0.29) is 12.5 Å². The van der Waals surface area contributed by atoms with Crippen molar-refractivity contribution in [1.82, 2.24) is 0 Å². The number of hydrogen-bond acceptors (Lipinski definition) is 2. The molecule has 0 aromatic carbocycles. The van der Waals surface area contributed by atoms with Crippen LogP contribution in [-0.2, 0) is 0 Å². The second-order valence-electron chi connectivity index (χ2n) is 4.35. The van der Waals surface area contributed by atoms with E-state index in [1.165, 1.54) is 31.3 Å². The van der Waals surface area contributed by atoms with E-state index in [2.05, 4.69) is 0 Å². The van der Waals surface area contributed by atoms with E-state index in [1.807, 2.05) is 6.08 Å². The number of hydrogen-bond donors (Lipinski definition) is 2. The first-order valence-electron chi connectivity index (χ1n) is 5.30. The molecule has 1 saturated carbocycles. The Bertz CT molecular complexity index is 210. The zero-order valence-electron chi connectivity index (χ0n) is 7.95. The van der Waals surface area contributed by atoms with Crippen LogP contribution in [0.1, 0.15) is 32.1 Å². The highest BCUT2D eigenvalue weighted by Gasteiger charge is 2.30. The molecule has 3 unspecified atom stereocenters. The molecule has 3 atom stereocenters. The SMILES string of the molecule is OCC1CC2CCCCC2=CC1O. The van der Waals surface area contributed by atoms with Gasteiger partial charge in [-0.2, -0.15) is 0 Å². The summed E-state index contributed by atoms with van der Waals surface area (Å²) in [5.74, 6) is 0.751. The molecule has 0 saturated heterocycles. The molecular weight excluding hydrogens is 164 g/mol. The molecule has 0 amide bonds. The Balaban J connectivity index is 2.11. The predicted molar refractivity (Wildman–Crippen MR) is 51.2 cm³/mol. The largest absolute Gasteiger partial charge is 0.396 e. The van der Waals surface area contributed by atoms with Crippen molar-refractivity contribution in [1.29, 1.82) is 0 Å². The molecule has 0 aliphatic heterocycles. The van der Waals surface area contributed by atoms with E-state index in [0.717, 1.165) is 6.42 Å². The summed E-state index contributed by atoms with van der Waals surface area (Å²) in [6, 6.07) is 0. The fourth-order valence-corrected chi connectivity index (χ4v) is 2.64. The molecule has 0 spiro atoms. The van der Waals surface area contributed by atoms with Crippen molar-refractivity contribution in [2.45, 2.75) is 38.2 Å². The fraction of sp³-hybridized carbons (Fsp3) is 0.818. The Morgan fingerprint density at radius 2 is 2.23 bits per heavy atom. The standard InChI is InChI=1S/C11H18O2/c12-7-10-5-8-3-1-2-4-9(8)6-11(10)13/h6,8,10-13H,1-5,7H2. The second kappa shape index (κ2) is 3.81. The van der Waals surface area contributed by atoms with Crippen molar-refractivity contribution in [2.75, 3.05) is 6.61 Å². The zero-order valence-corrected chi connectivity index (χ0v) is 7.95. The summed E-state index contributed by atoms with van der Waals surface area (Å²) in [5.41, 5.74) is 1.45. The van der Waals surface area contributed by atoms with Crippen LogP contribution in [-0.4, -0.2) is 22.9 Å². The number of fused-ring (bicyclic) bond motifs is 1. The van der Waals surface area contributed by atoms with Crippen molar-refractivity contribution in [3.63, 3.8) is 0 Å². The van der Waals surface area contributed by atoms with E-state index in [4.69, 9.17) is 5.11 Å². The van der Waals surface area contributed by atoms with Crippen molar-refractivity contribution in [2.24, 2.45) is 11.8 Å². The minimum Gasteiger partial charge on any atom is -0.396 e. The zero-order chi connectivity index (χ0) is 9.26. The van der Waals surface area contributed by atoms with E-state index < -0.39 is 6.10 Å². The Morgan fingerprint density at radius 3 is 3.00 bits per heavy atom. The van der Waals surface area contributed by atoms with Gasteiger partial charge in [0.2, 0.25) is 0 Å². The summed E-state index contributed by atoms with van der Waals surface area (Å²) in [6.07, 6.45) is 7.61. The lowest BCUT2D eigenvalue weighted by atomic mass is 9.73. The van der Waals surface area contributed by atoms with Gasteiger partial charge in [-0.15, -0.1) is 0 Å². The van der Waals surface area contributed by atoms with Gasteiger partial charge in [-0.3, -0.25) is 0 Å². The lowest BCUT2D eigenvalue weighted by Gasteiger charge is -2.35. The van der Waals surface area contributed by atoms with Gasteiger partial charge in [-0.1, -0.05) is 18.1 Å². The van der Waals surface area contributed by atoms with Crippen LogP contribution in [0, 0.1) is 11.8 Å². The summed E-state index contributed by atoms with van der Waals surface area (Å²) in [5, 5.41) is 18.7. The van der Waals surface area contributed by atoms with E-state index in [1.54, 1.807) is 0 Å². The lowest BCUT2D eigenvalue weighted by molar-refractivity contribution is 0.0729. The van der Waals surface area contributed by atoms with Crippen LogP contribution in [0.5, 0.6) is 0 Å². The molecular formula is C11H18O2. The molecule has 2 nitrogen and oxygen atoms in total. The van der Waals surface area contributed by atoms with Crippen LogP contribution < -0.4 is 0 Å². The first-order chi connectivity index (χ1) is 6.31. The molecule has 2 rings (SSSR count). The highest BCUT2D eigenvalue weighted by atomic mass is 16.3. The molecule has 2 heteroatoms. The average molecular weight is 182 g/mol. The second-order valence-corrected chi connectivity index (χ2v) is 4.35. The Morgan fingerprint density at radius 1 is 1.38 bits per heavy atom. The lowest BCUT2D eigenvalue weighted by Crippen LogP contribution is -2.31. The molecule has 2 N–H and O–H groups in total. The van der Waals surface area contributed by atoms with Gasteiger partial charge in [-0.05, 0) is 31.6 Å². The van der Waals surface area contributed by atoms with Crippen molar-refractivity contribution in [3.05, 3.63) is 11.6 Å². The van der Waals surface area contributed by atoms with Crippen molar-refractivity contribution in [3.8, 4) is 0 Å². The third kappa shape index (κ3) is 1.79. The van der Waals surface area contributed by atoms with Gasteiger partial charge < -0.3 is 10.2 Å². The number of allylic oxidation sites excluding steroid dienone is 1. The van der Waals surface area contributed by atoms with Crippen LogP contribution in [0.3, 0.4) is 0 Å². The quantitative estimate of drug-likeness (QED) is 0.603. The smallest absolute Gasteiger partial charge is 0.0773 e. The molecule has 2 aliphatic rings. The molecule has 74 valence electrons. The Labute approximate surface area is 79.3 Å². The van der Waals surface area contributed by atoms with E-state index >= 15 is 0 Å². The molecule has 0 radical (unpaired) electrons. The topological polar surface area (TPSA) is 40.5 Å². The molecule has 0 aromatic rings. The monoisotopic (exact) mass is 182 g/mol. The van der Waals surface area contributed by atoms with Crippen LogP contribution in [0.25, 0.3) is 0 Å². The predicted octanol–water partition coefficient (Wildman–Crippen LogP) is 1.48. The molecule has 0 bridgehead atoms. The van der Waals surface area contributed by atoms with Gasteiger partial charge in [0.15, 0.2) is 0 Å². The normalized spacial score (nSPS) is 39.5. The summed E-state index contributed by atoms with van der Waals surface area (Å²) >= 11 is 0. The molecule has 2 aliphatic carbocycles. The van der Waals surface area contributed by atoms with Gasteiger partial charge in [0, 0.05) is 12.5 Å². The molecule has 13 heavy (non-hydrogen) atoms. The van der Waals surface area contributed by atoms with Crippen LogP contribution in [0.4, 0.5) is 0 Å². The van der Waals surface area contributed by atoms with E-state index in [0.29, 0.717) is 5.92 Å².